The van der Waals surface area contributed by atoms with Crippen LogP contribution in [0.1, 0.15) is 68.1 Å². The number of fused-ring (bicyclic) bond motifs is 2. The van der Waals surface area contributed by atoms with Crippen LogP contribution in [0.25, 0.3) is 0 Å². The lowest BCUT2D eigenvalue weighted by Crippen LogP contribution is -2.34. The van der Waals surface area contributed by atoms with Crippen LogP contribution in [-0.2, 0) is 24.7 Å². The Balaban J connectivity index is 2.06. The summed E-state index contributed by atoms with van der Waals surface area (Å²) in [6.45, 7) is 2.30. The van der Waals surface area contributed by atoms with Crippen LogP contribution in [0.3, 0.4) is 0 Å². The fraction of sp³-hybridized carbons (Fsp3) is 0.304. The van der Waals surface area contributed by atoms with E-state index in [1.807, 2.05) is 31.2 Å². The van der Waals surface area contributed by atoms with Gasteiger partial charge in [-0.05, 0) is 72.3 Å². The fourth-order valence-electron chi connectivity index (χ4n) is 4.55. The predicted octanol–water partition coefficient (Wildman–Crippen LogP) is 1.61. The molecule has 0 saturated carbocycles. The lowest BCUT2D eigenvalue weighted by molar-refractivity contribution is 0.0991. The first kappa shape index (κ1) is 20.7. The van der Waals surface area contributed by atoms with Crippen molar-refractivity contribution in [2.75, 3.05) is 6.54 Å². The molecule has 8 nitrogen and oxygen atoms in total. The number of hydrogen-bond acceptors (Lipinski definition) is 6. The molecule has 0 saturated heterocycles. The molecule has 0 fully saturated rings. The summed E-state index contributed by atoms with van der Waals surface area (Å²) in [5, 5.41) is 8.60. The van der Waals surface area contributed by atoms with Crippen LogP contribution in [0.5, 0.6) is 0 Å². The maximum atomic E-state index is 11.8. The predicted molar refractivity (Wildman–Crippen MR) is 115 cm³/mol. The number of carbonyl (C=O) groups is 2. The zero-order valence-electron chi connectivity index (χ0n) is 17.4. The molecule has 31 heavy (non-hydrogen) atoms. The SMILES string of the molecule is CCc1nnc(C2(CCN)c3ccc(C(N)=O)cc3CCc3cc(C(N)=O)ccc32)o1. The molecule has 1 heterocycles. The molecule has 0 bridgehead atoms. The van der Waals surface area contributed by atoms with Gasteiger partial charge < -0.3 is 21.6 Å². The zero-order chi connectivity index (χ0) is 22.2. The van der Waals surface area contributed by atoms with Crippen molar-refractivity contribution in [3.05, 3.63) is 81.6 Å². The van der Waals surface area contributed by atoms with E-state index in [1.165, 1.54) is 0 Å². The van der Waals surface area contributed by atoms with Crippen molar-refractivity contribution in [1.82, 2.24) is 10.2 Å². The highest BCUT2D eigenvalue weighted by Crippen LogP contribution is 2.46. The Bertz CT molecular complexity index is 1100. The Morgan fingerprint density at radius 2 is 1.52 bits per heavy atom. The van der Waals surface area contributed by atoms with Gasteiger partial charge in [-0.15, -0.1) is 10.2 Å². The molecule has 4 rings (SSSR count). The number of amides is 2. The van der Waals surface area contributed by atoms with Crippen LogP contribution in [0, 0.1) is 0 Å². The van der Waals surface area contributed by atoms with Gasteiger partial charge in [0.25, 0.3) is 0 Å². The largest absolute Gasteiger partial charge is 0.424 e. The van der Waals surface area contributed by atoms with Crippen molar-refractivity contribution < 1.29 is 14.0 Å². The Morgan fingerprint density at radius 1 is 0.968 bits per heavy atom. The minimum absolute atomic E-state index is 0.359. The Kier molecular flexibility index (Phi) is 5.32. The summed E-state index contributed by atoms with van der Waals surface area (Å²) >= 11 is 0. The van der Waals surface area contributed by atoms with E-state index in [1.54, 1.807) is 12.1 Å². The quantitative estimate of drug-likeness (QED) is 0.552. The van der Waals surface area contributed by atoms with Crippen LogP contribution < -0.4 is 17.2 Å². The number of rotatable bonds is 6. The van der Waals surface area contributed by atoms with E-state index in [-0.39, 0.29) is 0 Å². The third kappa shape index (κ3) is 3.38. The molecule has 6 N–H and O–H groups in total. The standard InChI is InChI=1S/C23H25N5O3/c1-2-19-27-28-22(31-19)23(9-10-24)17-7-5-15(20(25)29)11-13(17)3-4-14-12-16(21(26)30)6-8-18(14)23/h5-8,11-12H,2-4,9-10,24H2,1H3,(H2,25,29)(H2,26,30). The molecule has 0 spiro atoms. The number of nitrogens with zero attached hydrogens (tertiary/aromatic N) is 2. The van der Waals surface area contributed by atoms with Gasteiger partial charge in [0.05, 0.1) is 0 Å². The van der Waals surface area contributed by atoms with Gasteiger partial charge in [-0.3, -0.25) is 9.59 Å². The van der Waals surface area contributed by atoms with Crippen LogP contribution in [-0.4, -0.2) is 28.6 Å². The van der Waals surface area contributed by atoms with Crippen LogP contribution in [0.15, 0.2) is 40.8 Å². The van der Waals surface area contributed by atoms with Crippen molar-refractivity contribution in [2.24, 2.45) is 17.2 Å². The monoisotopic (exact) mass is 419 g/mol. The first-order chi connectivity index (χ1) is 14.9. The molecule has 1 aromatic heterocycles. The van der Waals surface area contributed by atoms with Gasteiger partial charge in [-0.2, -0.15) is 0 Å². The fourth-order valence-corrected chi connectivity index (χ4v) is 4.55. The number of aryl methyl sites for hydroxylation is 3. The third-order valence-electron chi connectivity index (χ3n) is 6.02. The smallest absolute Gasteiger partial charge is 0.248 e. The van der Waals surface area contributed by atoms with Gasteiger partial charge in [-0.1, -0.05) is 19.1 Å². The molecule has 0 unspecified atom stereocenters. The lowest BCUT2D eigenvalue weighted by Gasteiger charge is -2.33. The molecule has 8 heteroatoms. The van der Waals surface area contributed by atoms with E-state index < -0.39 is 17.2 Å². The first-order valence-electron chi connectivity index (χ1n) is 10.3. The van der Waals surface area contributed by atoms with E-state index in [9.17, 15) is 9.59 Å². The number of hydrogen-bond donors (Lipinski definition) is 3. The molecular weight excluding hydrogens is 394 g/mol. The van der Waals surface area contributed by atoms with Crippen molar-refractivity contribution in [3.63, 3.8) is 0 Å². The number of nitrogens with two attached hydrogens (primary N) is 3. The molecule has 0 radical (unpaired) electrons. The van der Waals surface area contributed by atoms with Gasteiger partial charge >= 0.3 is 0 Å². The summed E-state index contributed by atoms with van der Waals surface area (Å²) in [6, 6.07) is 10.9. The van der Waals surface area contributed by atoms with Crippen LogP contribution in [0.2, 0.25) is 0 Å². The maximum Gasteiger partial charge on any atom is 0.248 e. The highest BCUT2D eigenvalue weighted by atomic mass is 16.4. The molecule has 3 aromatic rings. The van der Waals surface area contributed by atoms with Crippen LogP contribution in [0.4, 0.5) is 0 Å². The summed E-state index contributed by atoms with van der Waals surface area (Å²) in [5.74, 6) is -0.00812. The normalized spacial score (nSPS) is 14.4. The summed E-state index contributed by atoms with van der Waals surface area (Å²) < 4.78 is 6.09. The van der Waals surface area contributed by atoms with Gasteiger partial charge in [0, 0.05) is 17.5 Å². The summed E-state index contributed by atoms with van der Waals surface area (Å²) in [6.07, 6.45) is 2.40. The lowest BCUT2D eigenvalue weighted by atomic mass is 9.69. The highest BCUT2D eigenvalue weighted by Gasteiger charge is 2.45. The summed E-state index contributed by atoms with van der Waals surface area (Å²) in [4.78, 5) is 23.6. The van der Waals surface area contributed by atoms with Gasteiger partial charge in [-0.25, -0.2) is 0 Å². The van der Waals surface area contributed by atoms with Crippen molar-refractivity contribution in [1.29, 1.82) is 0 Å². The molecule has 0 aliphatic heterocycles. The van der Waals surface area contributed by atoms with E-state index in [2.05, 4.69) is 10.2 Å². The summed E-state index contributed by atoms with van der Waals surface area (Å²) in [7, 11) is 0. The molecule has 1 aliphatic carbocycles. The second kappa shape index (κ2) is 7.96. The van der Waals surface area contributed by atoms with Crippen molar-refractivity contribution in [2.45, 2.75) is 38.0 Å². The first-order valence-corrected chi connectivity index (χ1v) is 10.3. The highest BCUT2D eigenvalue weighted by molar-refractivity contribution is 5.94. The zero-order valence-corrected chi connectivity index (χ0v) is 17.4. The number of carbonyl (C=O) groups excluding carboxylic acids is 2. The molecule has 1 aliphatic rings. The Labute approximate surface area is 179 Å². The average Bonchev–Trinajstić information content (AvgIpc) is 3.20. The molecule has 2 amide bonds. The Morgan fingerprint density at radius 3 is 1.94 bits per heavy atom. The number of benzene rings is 2. The molecule has 0 atom stereocenters. The van der Waals surface area contributed by atoms with Crippen molar-refractivity contribution >= 4 is 11.8 Å². The van der Waals surface area contributed by atoms with Crippen molar-refractivity contribution in [3.8, 4) is 0 Å². The van der Waals surface area contributed by atoms with E-state index in [0.717, 1.165) is 22.3 Å². The Hall–Kier alpha value is -3.52. The number of primary amides is 2. The van der Waals surface area contributed by atoms with E-state index in [0.29, 0.717) is 55.1 Å². The van der Waals surface area contributed by atoms with Crippen LogP contribution >= 0.6 is 0 Å². The second-order valence-electron chi connectivity index (χ2n) is 7.77. The molecule has 160 valence electrons. The van der Waals surface area contributed by atoms with Gasteiger partial charge in [0.1, 0.15) is 5.41 Å². The topological polar surface area (TPSA) is 151 Å². The minimum atomic E-state index is -0.817. The van der Waals surface area contributed by atoms with E-state index in [4.69, 9.17) is 21.6 Å². The minimum Gasteiger partial charge on any atom is -0.424 e. The van der Waals surface area contributed by atoms with E-state index >= 15 is 0 Å². The summed E-state index contributed by atoms with van der Waals surface area (Å²) in [5.41, 5.74) is 21.0. The second-order valence-corrected chi connectivity index (χ2v) is 7.77. The number of aromatic nitrogens is 2. The van der Waals surface area contributed by atoms with Gasteiger partial charge in [0.15, 0.2) is 0 Å². The third-order valence-corrected chi connectivity index (χ3v) is 6.02. The average molecular weight is 419 g/mol. The molecular formula is C23H25N5O3. The maximum absolute atomic E-state index is 11.8. The van der Waals surface area contributed by atoms with Gasteiger partial charge in [0.2, 0.25) is 23.6 Å². The molecule has 2 aromatic carbocycles.